The predicted molar refractivity (Wildman–Crippen MR) is 86.1 cm³/mol. The largest absolute Gasteiger partial charge is 0.398 e. The lowest BCUT2D eigenvalue weighted by molar-refractivity contribution is 0.477. The summed E-state index contributed by atoms with van der Waals surface area (Å²) in [7, 11) is -3.71. The molecule has 1 aliphatic heterocycles. The van der Waals surface area contributed by atoms with E-state index in [1.807, 2.05) is 11.8 Å². The average Bonchev–Trinajstić information content (AvgIpc) is 2.36. The van der Waals surface area contributed by atoms with Crippen LogP contribution in [-0.2, 0) is 10.0 Å². The second-order valence-electron chi connectivity index (χ2n) is 4.71. The lowest BCUT2D eigenvalue weighted by Crippen LogP contribution is -2.31. The summed E-state index contributed by atoms with van der Waals surface area (Å²) in [6.07, 6.45) is 2.05. The molecule has 1 aromatic rings. The molecular formula is C12H16Cl2N2O2S2. The molecule has 1 saturated heterocycles. The van der Waals surface area contributed by atoms with Crippen LogP contribution in [0.15, 0.2) is 17.0 Å². The Hall–Kier alpha value is -0.140. The van der Waals surface area contributed by atoms with Gasteiger partial charge in [-0.25, -0.2) is 13.1 Å². The van der Waals surface area contributed by atoms with Crippen LogP contribution in [0.25, 0.3) is 0 Å². The van der Waals surface area contributed by atoms with Gasteiger partial charge in [0.05, 0.1) is 10.7 Å². The zero-order valence-electron chi connectivity index (χ0n) is 10.7. The Balaban J connectivity index is 2.14. The molecule has 1 heterocycles. The maximum Gasteiger partial charge on any atom is 0.244 e. The number of sulfonamides is 1. The molecule has 0 unspecified atom stereocenters. The van der Waals surface area contributed by atoms with Gasteiger partial charge in [0.15, 0.2) is 0 Å². The highest BCUT2D eigenvalue weighted by Crippen LogP contribution is 2.31. The highest BCUT2D eigenvalue weighted by Gasteiger charge is 2.23. The summed E-state index contributed by atoms with van der Waals surface area (Å²) in [6, 6.07) is 2.77. The fraction of sp³-hybridized carbons (Fsp3) is 0.500. The number of nitrogen functional groups attached to an aromatic ring is 1. The Morgan fingerprint density at radius 2 is 1.95 bits per heavy atom. The summed E-state index contributed by atoms with van der Waals surface area (Å²) in [6.45, 7) is 0.418. The number of nitrogens with two attached hydrogens (primary N) is 1. The Bertz CT molecular complexity index is 564. The number of hydrogen-bond acceptors (Lipinski definition) is 4. The number of anilines is 1. The fourth-order valence-electron chi connectivity index (χ4n) is 2.11. The van der Waals surface area contributed by atoms with Gasteiger partial charge in [-0.3, -0.25) is 0 Å². The summed E-state index contributed by atoms with van der Waals surface area (Å²) in [5.41, 5.74) is 5.79. The Morgan fingerprint density at radius 1 is 1.30 bits per heavy atom. The van der Waals surface area contributed by atoms with Gasteiger partial charge in [-0.1, -0.05) is 23.2 Å². The molecule has 2 rings (SSSR count). The number of benzene rings is 1. The number of thioether (sulfide) groups is 1. The first-order chi connectivity index (χ1) is 9.40. The van der Waals surface area contributed by atoms with E-state index in [0.717, 1.165) is 24.3 Å². The maximum absolute atomic E-state index is 12.3. The average molecular weight is 355 g/mol. The molecule has 4 nitrogen and oxygen atoms in total. The van der Waals surface area contributed by atoms with Gasteiger partial charge in [0.2, 0.25) is 10.0 Å². The van der Waals surface area contributed by atoms with Crippen molar-refractivity contribution in [3.8, 4) is 0 Å². The molecule has 0 bridgehead atoms. The zero-order chi connectivity index (χ0) is 14.8. The Labute approximate surface area is 133 Å². The van der Waals surface area contributed by atoms with E-state index in [4.69, 9.17) is 28.9 Å². The van der Waals surface area contributed by atoms with E-state index in [2.05, 4.69) is 4.72 Å². The maximum atomic E-state index is 12.3. The quantitative estimate of drug-likeness (QED) is 0.815. The summed E-state index contributed by atoms with van der Waals surface area (Å²) in [5, 5.41) is 0.359. The number of halogens is 2. The van der Waals surface area contributed by atoms with Gasteiger partial charge in [0, 0.05) is 11.6 Å². The smallest absolute Gasteiger partial charge is 0.244 e. The van der Waals surface area contributed by atoms with Crippen molar-refractivity contribution in [2.24, 2.45) is 5.92 Å². The topological polar surface area (TPSA) is 72.2 Å². The second kappa shape index (κ2) is 6.75. The van der Waals surface area contributed by atoms with Crippen LogP contribution in [-0.4, -0.2) is 26.5 Å². The molecular weight excluding hydrogens is 339 g/mol. The van der Waals surface area contributed by atoms with Gasteiger partial charge in [0.25, 0.3) is 0 Å². The minimum absolute atomic E-state index is 0.0432. The summed E-state index contributed by atoms with van der Waals surface area (Å²) in [4.78, 5) is -0.0891. The number of nitrogens with one attached hydrogen (secondary N) is 1. The monoisotopic (exact) mass is 354 g/mol. The van der Waals surface area contributed by atoms with E-state index < -0.39 is 10.0 Å². The molecule has 0 aromatic heterocycles. The van der Waals surface area contributed by atoms with Crippen molar-refractivity contribution in [2.75, 3.05) is 23.8 Å². The molecule has 0 spiro atoms. The van der Waals surface area contributed by atoms with Crippen molar-refractivity contribution >= 4 is 50.7 Å². The summed E-state index contributed by atoms with van der Waals surface area (Å²) in [5.74, 6) is 2.53. The van der Waals surface area contributed by atoms with Crippen molar-refractivity contribution < 1.29 is 8.42 Å². The van der Waals surface area contributed by atoms with Crippen LogP contribution >= 0.6 is 35.0 Å². The number of rotatable bonds is 4. The van der Waals surface area contributed by atoms with Crippen molar-refractivity contribution in [3.05, 3.63) is 22.2 Å². The van der Waals surface area contributed by atoms with Crippen molar-refractivity contribution in [1.29, 1.82) is 0 Å². The van der Waals surface area contributed by atoms with Crippen LogP contribution in [0.2, 0.25) is 10.0 Å². The Morgan fingerprint density at radius 3 is 2.55 bits per heavy atom. The minimum Gasteiger partial charge on any atom is -0.398 e. The Kier molecular flexibility index (Phi) is 5.48. The van der Waals surface area contributed by atoms with Gasteiger partial charge >= 0.3 is 0 Å². The molecule has 20 heavy (non-hydrogen) atoms. The predicted octanol–water partition coefficient (Wildman–Crippen LogP) is 3.00. The summed E-state index contributed by atoms with van der Waals surface area (Å²) >= 11 is 13.6. The van der Waals surface area contributed by atoms with Crippen LogP contribution in [0.1, 0.15) is 12.8 Å². The molecule has 1 aromatic carbocycles. The normalized spacial score (nSPS) is 17.3. The molecule has 112 valence electrons. The second-order valence-corrected chi connectivity index (χ2v) is 8.49. The fourth-order valence-corrected chi connectivity index (χ4v) is 5.42. The van der Waals surface area contributed by atoms with E-state index in [1.54, 1.807) is 0 Å². The third kappa shape index (κ3) is 3.95. The third-order valence-electron chi connectivity index (χ3n) is 3.21. The van der Waals surface area contributed by atoms with Crippen molar-refractivity contribution in [2.45, 2.75) is 17.7 Å². The minimum atomic E-state index is -3.71. The van der Waals surface area contributed by atoms with Crippen LogP contribution in [0, 0.1) is 5.92 Å². The van der Waals surface area contributed by atoms with Crippen LogP contribution in [0.3, 0.4) is 0 Å². The molecule has 8 heteroatoms. The lowest BCUT2D eigenvalue weighted by atomic mass is 10.0. The molecule has 3 N–H and O–H groups in total. The molecule has 0 radical (unpaired) electrons. The molecule has 0 aliphatic carbocycles. The molecule has 1 aliphatic rings. The first-order valence-corrected chi connectivity index (χ1v) is 9.61. The van der Waals surface area contributed by atoms with Gasteiger partial charge < -0.3 is 5.73 Å². The van der Waals surface area contributed by atoms with Gasteiger partial charge in [-0.15, -0.1) is 0 Å². The SMILES string of the molecule is Nc1cc(Cl)cc(Cl)c1S(=O)(=O)NCC1CCSCC1. The first-order valence-electron chi connectivity index (χ1n) is 6.22. The molecule has 0 saturated carbocycles. The molecule has 0 atom stereocenters. The van der Waals surface area contributed by atoms with Crippen LogP contribution in [0.5, 0.6) is 0 Å². The summed E-state index contributed by atoms with van der Waals surface area (Å²) < 4.78 is 27.2. The lowest BCUT2D eigenvalue weighted by Gasteiger charge is -2.21. The van der Waals surface area contributed by atoms with E-state index in [9.17, 15) is 8.42 Å². The van der Waals surface area contributed by atoms with E-state index >= 15 is 0 Å². The van der Waals surface area contributed by atoms with Gasteiger partial charge in [-0.2, -0.15) is 11.8 Å². The van der Waals surface area contributed by atoms with Crippen molar-refractivity contribution in [3.63, 3.8) is 0 Å². The van der Waals surface area contributed by atoms with E-state index in [0.29, 0.717) is 17.5 Å². The van der Waals surface area contributed by atoms with Gasteiger partial charge in [-0.05, 0) is 42.4 Å². The highest BCUT2D eigenvalue weighted by atomic mass is 35.5. The van der Waals surface area contributed by atoms with Crippen LogP contribution in [0.4, 0.5) is 5.69 Å². The highest BCUT2D eigenvalue weighted by molar-refractivity contribution is 7.99. The van der Waals surface area contributed by atoms with Crippen LogP contribution < -0.4 is 10.5 Å². The van der Waals surface area contributed by atoms with E-state index in [-0.39, 0.29) is 15.6 Å². The zero-order valence-corrected chi connectivity index (χ0v) is 13.9. The standard InChI is InChI=1S/C12H16Cl2N2O2S2/c13-9-5-10(14)12(11(15)6-9)20(17,18)16-7-8-1-3-19-4-2-8/h5-6,8,16H,1-4,7,15H2. The molecule has 1 fully saturated rings. The first kappa shape index (κ1) is 16.2. The molecule has 0 amide bonds. The van der Waals surface area contributed by atoms with Crippen molar-refractivity contribution in [1.82, 2.24) is 4.72 Å². The number of hydrogen-bond donors (Lipinski definition) is 2. The van der Waals surface area contributed by atoms with Gasteiger partial charge in [0.1, 0.15) is 4.90 Å². The van der Waals surface area contributed by atoms with E-state index in [1.165, 1.54) is 12.1 Å². The third-order valence-corrected chi connectivity index (χ3v) is 6.43.